The summed E-state index contributed by atoms with van der Waals surface area (Å²) in [5.41, 5.74) is 0.141. The van der Waals surface area contributed by atoms with Crippen LogP contribution in [0.5, 0.6) is 0 Å². The molecule has 1 fully saturated rings. The molecular formula is C13H26O2. The number of rotatable bonds is 3. The van der Waals surface area contributed by atoms with E-state index in [-0.39, 0.29) is 11.7 Å². The van der Waals surface area contributed by atoms with Gasteiger partial charge in [0, 0.05) is 11.8 Å². The summed E-state index contributed by atoms with van der Waals surface area (Å²) in [6.07, 6.45) is 1.32. The van der Waals surface area contributed by atoms with E-state index >= 15 is 0 Å². The van der Waals surface area contributed by atoms with E-state index in [1.807, 2.05) is 0 Å². The fourth-order valence-electron chi connectivity index (χ4n) is 2.34. The van der Waals surface area contributed by atoms with Gasteiger partial charge in [0.05, 0.1) is 12.7 Å². The molecule has 0 saturated carbocycles. The third-order valence-electron chi connectivity index (χ3n) is 2.98. The van der Waals surface area contributed by atoms with E-state index in [0.29, 0.717) is 17.9 Å². The smallest absolute Gasteiger partial charge is 0.158 e. The maximum atomic E-state index is 6.05. The minimum atomic E-state index is 0.00502. The minimum absolute atomic E-state index is 0.00502. The van der Waals surface area contributed by atoms with Gasteiger partial charge >= 0.3 is 0 Å². The van der Waals surface area contributed by atoms with Gasteiger partial charge in [0.25, 0.3) is 0 Å². The second-order valence-corrected chi connectivity index (χ2v) is 6.16. The van der Waals surface area contributed by atoms with Crippen LogP contribution in [0, 0.1) is 17.3 Å². The Balaban J connectivity index is 2.58. The highest BCUT2D eigenvalue weighted by molar-refractivity contribution is 4.84. The van der Waals surface area contributed by atoms with Gasteiger partial charge in [-0.2, -0.15) is 0 Å². The molecule has 0 aromatic carbocycles. The zero-order chi connectivity index (χ0) is 11.6. The lowest BCUT2D eigenvalue weighted by Gasteiger charge is -2.44. The quantitative estimate of drug-likeness (QED) is 0.716. The second kappa shape index (κ2) is 4.84. The Hall–Kier alpha value is -0.0800. The zero-order valence-electron chi connectivity index (χ0n) is 11.0. The zero-order valence-corrected chi connectivity index (χ0v) is 11.0. The molecular weight excluding hydrogens is 188 g/mol. The normalized spacial score (nSPS) is 31.2. The first-order valence-electron chi connectivity index (χ1n) is 6.10. The molecule has 90 valence electrons. The van der Waals surface area contributed by atoms with Crippen molar-refractivity contribution in [1.82, 2.24) is 0 Å². The van der Waals surface area contributed by atoms with Gasteiger partial charge in [0.15, 0.2) is 6.29 Å². The molecule has 0 radical (unpaired) electrons. The molecule has 1 rings (SSSR count). The molecule has 2 atom stereocenters. The molecule has 1 aliphatic rings. The van der Waals surface area contributed by atoms with Crippen molar-refractivity contribution in [2.75, 3.05) is 6.61 Å². The summed E-state index contributed by atoms with van der Waals surface area (Å²) in [6.45, 7) is 14.1. The minimum Gasteiger partial charge on any atom is -0.352 e. The fraction of sp³-hybridized carbons (Fsp3) is 1.00. The Morgan fingerprint density at radius 2 is 1.80 bits per heavy atom. The largest absolute Gasteiger partial charge is 0.352 e. The average Bonchev–Trinajstić information content (AvgIpc) is 2.06. The van der Waals surface area contributed by atoms with E-state index in [9.17, 15) is 0 Å². The lowest BCUT2D eigenvalue weighted by atomic mass is 9.80. The first-order valence-corrected chi connectivity index (χ1v) is 6.10. The van der Waals surface area contributed by atoms with Crippen molar-refractivity contribution in [3.8, 4) is 0 Å². The van der Waals surface area contributed by atoms with Gasteiger partial charge in [-0.3, -0.25) is 0 Å². The van der Waals surface area contributed by atoms with Crippen molar-refractivity contribution in [1.29, 1.82) is 0 Å². The molecule has 0 spiro atoms. The highest BCUT2D eigenvalue weighted by atomic mass is 16.7. The number of ether oxygens (including phenoxy) is 2. The van der Waals surface area contributed by atoms with Crippen molar-refractivity contribution < 1.29 is 9.47 Å². The van der Waals surface area contributed by atoms with Gasteiger partial charge in [0.2, 0.25) is 0 Å². The van der Waals surface area contributed by atoms with Crippen LogP contribution in [0.3, 0.4) is 0 Å². The Kier molecular flexibility index (Phi) is 4.19. The molecule has 0 bridgehead atoms. The molecule has 0 N–H and O–H groups in total. The number of hydrogen-bond donors (Lipinski definition) is 0. The molecule has 0 aliphatic carbocycles. The predicted octanol–water partition coefficient (Wildman–Crippen LogP) is 3.46. The monoisotopic (exact) mass is 214 g/mol. The van der Waals surface area contributed by atoms with Crippen molar-refractivity contribution in [2.24, 2.45) is 17.3 Å². The third-order valence-corrected chi connectivity index (χ3v) is 2.98. The van der Waals surface area contributed by atoms with Crippen LogP contribution in [0.1, 0.15) is 48.0 Å². The van der Waals surface area contributed by atoms with Crippen molar-refractivity contribution in [3.05, 3.63) is 0 Å². The Morgan fingerprint density at radius 1 is 1.20 bits per heavy atom. The van der Waals surface area contributed by atoms with Gasteiger partial charge in [-0.15, -0.1) is 0 Å². The summed E-state index contributed by atoms with van der Waals surface area (Å²) < 4.78 is 11.8. The van der Waals surface area contributed by atoms with E-state index in [2.05, 4.69) is 41.5 Å². The van der Waals surface area contributed by atoms with Gasteiger partial charge in [-0.05, 0) is 11.8 Å². The lowest BCUT2D eigenvalue weighted by Crippen LogP contribution is -2.48. The van der Waals surface area contributed by atoms with Crippen molar-refractivity contribution in [2.45, 2.75) is 60.4 Å². The highest BCUT2D eigenvalue weighted by Gasteiger charge is 2.39. The van der Waals surface area contributed by atoms with Crippen LogP contribution in [0.25, 0.3) is 0 Å². The van der Waals surface area contributed by atoms with Gasteiger partial charge in [0.1, 0.15) is 0 Å². The summed E-state index contributed by atoms with van der Waals surface area (Å²) in [5, 5.41) is 0. The molecule has 1 heterocycles. The summed E-state index contributed by atoms with van der Waals surface area (Å²) in [6, 6.07) is 0. The third kappa shape index (κ3) is 3.46. The molecule has 1 saturated heterocycles. The molecule has 0 aromatic heterocycles. The molecule has 1 aliphatic heterocycles. The maximum Gasteiger partial charge on any atom is 0.158 e. The van der Waals surface area contributed by atoms with Crippen molar-refractivity contribution >= 4 is 0 Å². The highest BCUT2D eigenvalue weighted by Crippen LogP contribution is 2.35. The van der Waals surface area contributed by atoms with Crippen LogP contribution < -0.4 is 0 Å². The van der Waals surface area contributed by atoms with Crippen LogP contribution in [-0.2, 0) is 9.47 Å². The Bertz CT molecular complexity index is 197. The lowest BCUT2D eigenvalue weighted by molar-refractivity contribution is -0.273. The van der Waals surface area contributed by atoms with Crippen LogP contribution in [0.15, 0.2) is 0 Å². The summed E-state index contributed by atoms with van der Waals surface area (Å²) in [4.78, 5) is 0. The molecule has 2 nitrogen and oxygen atoms in total. The Labute approximate surface area is 94.3 Å². The molecule has 0 unspecified atom stereocenters. The topological polar surface area (TPSA) is 18.5 Å². The average molecular weight is 214 g/mol. The van der Waals surface area contributed by atoms with E-state index in [1.54, 1.807) is 0 Å². The summed E-state index contributed by atoms with van der Waals surface area (Å²) in [7, 11) is 0. The maximum absolute atomic E-state index is 6.05. The first kappa shape index (κ1) is 13.0. The fourth-order valence-corrected chi connectivity index (χ4v) is 2.34. The second-order valence-electron chi connectivity index (χ2n) is 6.16. The van der Waals surface area contributed by atoms with E-state index < -0.39 is 0 Å². The molecule has 15 heavy (non-hydrogen) atoms. The molecule has 0 aromatic rings. The van der Waals surface area contributed by atoms with E-state index in [0.717, 1.165) is 13.0 Å². The molecule has 0 amide bonds. The summed E-state index contributed by atoms with van der Waals surface area (Å²) >= 11 is 0. The SMILES string of the molecule is CC(C)C[C@H]1OCC(C)(C)[C@@H](C(C)C)O1. The Morgan fingerprint density at radius 3 is 2.27 bits per heavy atom. The van der Waals surface area contributed by atoms with Crippen LogP contribution in [-0.4, -0.2) is 19.0 Å². The van der Waals surface area contributed by atoms with Crippen LogP contribution in [0.4, 0.5) is 0 Å². The van der Waals surface area contributed by atoms with Gasteiger partial charge < -0.3 is 9.47 Å². The van der Waals surface area contributed by atoms with Gasteiger partial charge in [-0.1, -0.05) is 41.5 Å². The summed E-state index contributed by atoms with van der Waals surface area (Å²) in [5.74, 6) is 1.18. The van der Waals surface area contributed by atoms with Crippen LogP contribution >= 0.6 is 0 Å². The van der Waals surface area contributed by atoms with Crippen molar-refractivity contribution in [3.63, 3.8) is 0 Å². The first-order chi connectivity index (χ1) is 6.83. The van der Waals surface area contributed by atoms with E-state index in [4.69, 9.17) is 9.47 Å². The van der Waals surface area contributed by atoms with Gasteiger partial charge in [-0.25, -0.2) is 0 Å². The standard InChI is InChI=1S/C13H26O2/c1-9(2)7-11-14-8-13(5,6)12(15-11)10(3)4/h9-12H,7-8H2,1-6H3/t11-,12+/m0/s1. The van der Waals surface area contributed by atoms with Crippen LogP contribution in [0.2, 0.25) is 0 Å². The molecule has 2 heteroatoms. The van der Waals surface area contributed by atoms with E-state index in [1.165, 1.54) is 0 Å². The number of hydrogen-bond acceptors (Lipinski definition) is 2. The predicted molar refractivity (Wildman–Crippen MR) is 62.7 cm³/mol.